The van der Waals surface area contributed by atoms with E-state index in [2.05, 4.69) is 5.10 Å². The number of hydrogen-bond donors (Lipinski definition) is 1. The molecular formula is C12H8F5N3O. The largest absolute Gasteiger partial charge is 0.319 e. The summed E-state index contributed by atoms with van der Waals surface area (Å²) in [4.78, 5) is 11.6. The first-order chi connectivity index (χ1) is 9.81. The van der Waals surface area contributed by atoms with Gasteiger partial charge in [0.2, 0.25) is 11.7 Å². The van der Waals surface area contributed by atoms with Crippen LogP contribution in [0.2, 0.25) is 0 Å². The van der Waals surface area contributed by atoms with Crippen LogP contribution < -0.4 is 5.32 Å². The Balaban J connectivity index is 2.25. The van der Waals surface area contributed by atoms with Crippen molar-refractivity contribution in [3.05, 3.63) is 47.0 Å². The number of aromatic nitrogens is 2. The highest BCUT2D eigenvalue weighted by atomic mass is 19.2. The Morgan fingerprint density at radius 3 is 2.10 bits per heavy atom. The van der Waals surface area contributed by atoms with Crippen LogP contribution in [-0.2, 0) is 11.3 Å². The van der Waals surface area contributed by atoms with Crippen molar-refractivity contribution in [2.45, 2.75) is 13.5 Å². The van der Waals surface area contributed by atoms with Crippen LogP contribution in [0, 0.1) is 36.0 Å². The van der Waals surface area contributed by atoms with E-state index in [4.69, 9.17) is 0 Å². The second kappa shape index (κ2) is 5.51. The van der Waals surface area contributed by atoms with E-state index in [1.807, 2.05) is 0 Å². The van der Waals surface area contributed by atoms with E-state index in [-0.39, 0.29) is 0 Å². The van der Waals surface area contributed by atoms with Crippen molar-refractivity contribution in [3.8, 4) is 0 Å². The Kier molecular flexibility index (Phi) is 3.92. The predicted molar refractivity (Wildman–Crippen MR) is 61.8 cm³/mol. The van der Waals surface area contributed by atoms with E-state index >= 15 is 0 Å². The van der Waals surface area contributed by atoms with E-state index in [1.54, 1.807) is 18.3 Å². The molecular weight excluding hydrogens is 297 g/mol. The van der Waals surface area contributed by atoms with Crippen LogP contribution in [0.3, 0.4) is 0 Å². The summed E-state index contributed by atoms with van der Waals surface area (Å²) >= 11 is 0. The first kappa shape index (κ1) is 14.9. The van der Waals surface area contributed by atoms with Crippen LogP contribution in [0.5, 0.6) is 0 Å². The molecule has 2 rings (SSSR count). The standard InChI is InChI=1S/C12H8F5N3O/c1-5-2-3-20(19-5)4-6(21)18-12-10(16)8(14)7(13)9(15)11(12)17/h2-3H,4H2,1H3,(H,18,21). The molecule has 1 heterocycles. The molecule has 0 saturated heterocycles. The molecule has 4 nitrogen and oxygen atoms in total. The first-order valence-corrected chi connectivity index (χ1v) is 5.62. The van der Waals surface area contributed by atoms with Crippen molar-refractivity contribution in [3.63, 3.8) is 0 Å². The summed E-state index contributed by atoms with van der Waals surface area (Å²) in [7, 11) is 0. The second-order valence-electron chi connectivity index (χ2n) is 4.15. The summed E-state index contributed by atoms with van der Waals surface area (Å²) in [5.41, 5.74) is -0.792. The molecule has 1 aromatic carbocycles. The average molecular weight is 305 g/mol. The van der Waals surface area contributed by atoms with Gasteiger partial charge in [0.05, 0.1) is 5.69 Å². The molecule has 0 radical (unpaired) electrons. The van der Waals surface area contributed by atoms with E-state index in [0.29, 0.717) is 5.69 Å². The maximum Gasteiger partial charge on any atom is 0.246 e. The normalized spacial score (nSPS) is 10.8. The van der Waals surface area contributed by atoms with Gasteiger partial charge in [0.1, 0.15) is 12.2 Å². The topological polar surface area (TPSA) is 46.9 Å². The zero-order valence-corrected chi connectivity index (χ0v) is 10.6. The zero-order chi connectivity index (χ0) is 15.7. The SMILES string of the molecule is Cc1ccn(CC(=O)Nc2c(F)c(F)c(F)c(F)c2F)n1. The Morgan fingerprint density at radius 2 is 1.62 bits per heavy atom. The molecule has 0 aliphatic carbocycles. The van der Waals surface area contributed by atoms with Gasteiger partial charge in [-0.1, -0.05) is 0 Å². The van der Waals surface area contributed by atoms with Gasteiger partial charge in [0, 0.05) is 6.20 Å². The number of hydrogen-bond acceptors (Lipinski definition) is 2. The third-order valence-corrected chi connectivity index (χ3v) is 2.55. The highest BCUT2D eigenvalue weighted by Gasteiger charge is 2.26. The Labute approximate surface area is 115 Å². The summed E-state index contributed by atoms with van der Waals surface area (Å²) in [6.07, 6.45) is 1.42. The number of nitrogens with one attached hydrogen (secondary N) is 1. The van der Waals surface area contributed by atoms with E-state index in [9.17, 15) is 26.7 Å². The van der Waals surface area contributed by atoms with Crippen LogP contribution >= 0.6 is 0 Å². The fraction of sp³-hybridized carbons (Fsp3) is 0.167. The molecule has 112 valence electrons. The number of amides is 1. The number of aryl methyl sites for hydroxylation is 1. The number of nitrogens with zero attached hydrogens (tertiary/aromatic N) is 2. The van der Waals surface area contributed by atoms with Crippen LogP contribution in [0.4, 0.5) is 27.6 Å². The van der Waals surface area contributed by atoms with Crippen molar-refractivity contribution >= 4 is 11.6 Å². The van der Waals surface area contributed by atoms with E-state index in [1.165, 1.54) is 6.20 Å². The lowest BCUT2D eigenvalue weighted by Crippen LogP contribution is -2.21. The molecule has 0 aliphatic heterocycles. The molecule has 0 spiro atoms. The maximum atomic E-state index is 13.3. The summed E-state index contributed by atoms with van der Waals surface area (Å²) < 4.78 is 66.6. The molecule has 0 saturated carbocycles. The summed E-state index contributed by atoms with van der Waals surface area (Å²) in [6, 6.07) is 1.58. The van der Waals surface area contributed by atoms with Crippen LogP contribution in [0.1, 0.15) is 5.69 Å². The van der Waals surface area contributed by atoms with Gasteiger partial charge in [-0.2, -0.15) is 5.10 Å². The van der Waals surface area contributed by atoms with Gasteiger partial charge >= 0.3 is 0 Å². The molecule has 21 heavy (non-hydrogen) atoms. The van der Waals surface area contributed by atoms with Gasteiger partial charge in [-0.05, 0) is 13.0 Å². The molecule has 9 heteroatoms. The lowest BCUT2D eigenvalue weighted by molar-refractivity contribution is -0.117. The summed E-state index contributed by atoms with van der Waals surface area (Å²) in [5.74, 6) is -11.7. The number of benzene rings is 1. The van der Waals surface area contributed by atoms with Crippen molar-refractivity contribution in [1.82, 2.24) is 9.78 Å². The van der Waals surface area contributed by atoms with Gasteiger partial charge < -0.3 is 5.32 Å². The summed E-state index contributed by atoms with van der Waals surface area (Å²) in [6.45, 7) is 1.21. The second-order valence-corrected chi connectivity index (χ2v) is 4.15. The number of rotatable bonds is 3. The van der Waals surface area contributed by atoms with Crippen molar-refractivity contribution in [2.24, 2.45) is 0 Å². The van der Waals surface area contributed by atoms with Gasteiger partial charge in [0.25, 0.3) is 0 Å². The molecule has 1 N–H and O–H groups in total. The number of carbonyl (C=O) groups is 1. The highest BCUT2D eigenvalue weighted by Crippen LogP contribution is 2.27. The quantitative estimate of drug-likeness (QED) is 0.538. The van der Waals surface area contributed by atoms with Crippen molar-refractivity contribution in [2.75, 3.05) is 5.32 Å². The average Bonchev–Trinajstić information content (AvgIpc) is 2.84. The van der Waals surface area contributed by atoms with E-state index < -0.39 is 47.2 Å². The van der Waals surface area contributed by atoms with Gasteiger partial charge in [0.15, 0.2) is 23.3 Å². The fourth-order valence-electron chi connectivity index (χ4n) is 1.59. The fourth-order valence-corrected chi connectivity index (χ4v) is 1.59. The van der Waals surface area contributed by atoms with Crippen LogP contribution in [0.15, 0.2) is 12.3 Å². The molecule has 0 atom stereocenters. The minimum atomic E-state index is -2.29. The molecule has 0 bridgehead atoms. The number of halogens is 5. The van der Waals surface area contributed by atoms with E-state index in [0.717, 1.165) is 4.68 Å². The minimum absolute atomic E-state index is 0.437. The Hall–Kier alpha value is -2.45. The van der Waals surface area contributed by atoms with Crippen molar-refractivity contribution in [1.29, 1.82) is 0 Å². The lowest BCUT2D eigenvalue weighted by Gasteiger charge is -2.09. The monoisotopic (exact) mass is 305 g/mol. The predicted octanol–water partition coefficient (Wildman–Crippen LogP) is 2.53. The minimum Gasteiger partial charge on any atom is -0.319 e. The van der Waals surface area contributed by atoms with Crippen LogP contribution in [0.25, 0.3) is 0 Å². The lowest BCUT2D eigenvalue weighted by atomic mass is 10.2. The Morgan fingerprint density at radius 1 is 1.10 bits per heavy atom. The zero-order valence-electron chi connectivity index (χ0n) is 10.6. The van der Waals surface area contributed by atoms with Gasteiger partial charge in [-0.3, -0.25) is 9.48 Å². The van der Waals surface area contributed by atoms with Crippen LogP contribution in [-0.4, -0.2) is 15.7 Å². The number of anilines is 1. The molecule has 2 aromatic rings. The highest BCUT2D eigenvalue weighted by molar-refractivity contribution is 5.90. The molecule has 1 aromatic heterocycles. The molecule has 0 fully saturated rings. The third kappa shape index (κ3) is 2.86. The molecule has 0 aliphatic rings. The summed E-state index contributed by atoms with van der Waals surface area (Å²) in [5, 5.41) is 5.50. The smallest absolute Gasteiger partial charge is 0.246 e. The van der Waals surface area contributed by atoms with Gasteiger partial charge in [-0.25, -0.2) is 22.0 Å². The Bertz CT molecular complexity index is 684. The maximum absolute atomic E-state index is 13.3. The van der Waals surface area contributed by atoms with Gasteiger partial charge in [-0.15, -0.1) is 0 Å². The molecule has 0 unspecified atom stereocenters. The first-order valence-electron chi connectivity index (χ1n) is 5.62. The number of carbonyl (C=O) groups excluding carboxylic acids is 1. The van der Waals surface area contributed by atoms with Crippen molar-refractivity contribution < 1.29 is 26.7 Å². The third-order valence-electron chi connectivity index (χ3n) is 2.55. The molecule has 1 amide bonds.